The number of nitrogens with one attached hydrogen (secondary N) is 1. The first-order chi connectivity index (χ1) is 9.08. The maximum atomic E-state index is 12.5. The van der Waals surface area contributed by atoms with Crippen molar-refractivity contribution in [3.63, 3.8) is 0 Å². The van der Waals surface area contributed by atoms with Gasteiger partial charge in [0.05, 0.1) is 10.4 Å². The van der Waals surface area contributed by atoms with Gasteiger partial charge >= 0.3 is 0 Å². The van der Waals surface area contributed by atoms with Crippen molar-refractivity contribution in [2.45, 2.75) is 24.7 Å². The minimum atomic E-state index is -3.46. The zero-order valence-electron chi connectivity index (χ0n) is 10.8. The largest absolute Gasteiger partial charge is 0.256 e. The highest BCUT2D eigenvalue weighted by atomic mass is 32.2. The van der Waals surface area contributed by atoms with Crippen LogP contribution >= 0.6 is 0 Å². The number of sulfonamides is 1. The molecule has 1 aromatic carbocycles. The summed E-state index contributed by atoms with van der Waals surface area (Å²) in [6.45, 7) is 2.36. The minimum Gasteiger partial charge on any atom is -0.256 e. The summed E-state index contributed by atoms with van der Waals surface area (Å²) in [6.07, 6.45) is 3.92. The van der Waals surface area contributed by atoms with Gasteiger partial charge in [0.1, 0.15) is 0 Å². The van der Waals surface area contributed by atoms with E-state index < -0.39 is 10.0 Å². The number of rotatable bonds is 4. The molecule has 100 valence electrons. The first kappa shape index (κ1) is 12.6. The number of pyridine rings is 1. The molecule has 1 saturated carbocycles. The number of fused-ring (bicyclic) bond motifs is 1. The number of hydrogen-bond donors (Lipinski definition) is 1. The van der Waals surface area contributed by atoms with Crippen LogP contribution in [0, 0.1) is 12.8 Å². The Morgan fingerprint density at radius 2 is 2.11 bits per heavy atom. The van der Waals surface area contributed by atoms with Gasteiger partial charge in [0, 0.05) is 18.1 Å². The third-order valence-corrected chi connectivity index (χ3v) is 5.09. The molecule has 3 rings (SSSR count). The third-order valence-electron chi connectivity index (χ3n) is 3.46. The summed E-state index contributed by atoms with van der Waals surface area (Å²) in [5.74, 6) is 0.517. The Morgan fingerprint density at radius 3 is 2.84 bits per heavy atom. The zero-order valence-corrected chi connectivity index (χ0v) is 11.6. The van der Waals surface area contributed by atoms with Crippen LogP contribution in [-0.2, 0) is 10.0 Å². The quantitative estimate of drug-likeness (QED) is 0.931. The molecule has 0 aliphatic heterocycles. The Kier molecular flexibility index (Phi) is 3.03. The fraction of sp³-hybridized carbons (Fsp3) is 0.357. The molecule has 0 spiro atoms. The van der Waals surface area contributed by atoms with Crippen LogP contribution < -0.4 is 4.72 Å². The number of benzene rings is 1. The van der Waals surface area contributed by atoms with Crippen LogP contribution in [0.25, 0.3) is 10.9 Å². The van der Waals surface area contributed by atoms with Crippen molar-refractivity contribution in [1.82, 2.24) is 9.71 Å². The zero-order chi connectivity index (χ0) is 13.5. The first-order valence-corrected chi connectivity index (χ1v) is 7.90. The Labute approximate surface area is 112 Å². The minimum absolute atomic E-state index is 0.360. The van der Waals surface area contributed by atoms with Crippen molar-refractivity contribution in [3.05, 3.63) is 36.0 Å². The van der Waals surface area contributed by atoms with Crippen LogP contribution in [0.2, 0.25) is 0 Å². The van der Waals surface area contributed by atoms with E-state index in [4.69, 9.17) is 0 Å². The normalized spacial score (nSPS) is 15.8. The lowest BCUT2D eigenvalue weighted by Gasteiger charge is -2.11. The smallest absolute Gasteiger partial charge is 0.241 e. The molecule has 19 heavy (non-hydrogen) atoms. The van der Waals surface area contributed by atoms with E-state index >= 15 is 0 Å². The molecule has 0 radical (unpaired) electrons. The van der Waals surface area contributed by atoms with Gasteiger partial charge < -0.3 is 0 Å². The van der Waals surface area contributed by atoms with E-state index in [2.05, 4.69) is 9.71 Å². The van der Waals surface area contributed by atoms with E-state index in [-0.39, 0.29) is 0 Å². The SMILES string of the molecule is Cc1ccc2ncccc2c1S(=O)(=O)NCC1CC1. The van der Waals surface area contributed by atoms with E-state index in [0.717, 1.165) is 18.4 Å². The topological polar surface area (TPSA) is 59.1 Å². The molecule has 1 aromatic heterocycles. The Morgan fingerprint density at radius 1 is 1.32 bits per heavy atom. The lowest BCUT2D eigenvalue weighted by atomic mass is 10.1. The van der Waals surface area contributed by atoms with E-state index in [1.54, 1.807) is 24.4 Å². The molecule has 1 fully saturated rings. The van der Waals surface area contributed by atoms with Crippen molar-refractivity contribution in [1.29, 1.82) is 0 Å². The fourth-order valence-corrected chi connectivity index (χ4v) is 3.77. The Hall–Kier alpha value is -1.46. The van der Waals surface area contributed by atoms with Gasteiger partial charge in [-0.15, -0.1) is 0 Å². The highest BCUT2D eigenvalue weighted by molar-refractivity contribution is 7.89. The fourth-order valence-electron chi connectivity index (χ4n) is 2.21. The average molecular weight is 276 g/mol. The van der Waals surface area contributed by atoms with Gasteiger partial charge in [-0.25, -0.2) is 13.1 Å². The molecule has 0 saturated heterocycles. The maximum absolute atomic E-state index is 12.5. The Balaban J connectivity index is 2.09. The number of aryl methyl sites for hydroxylation is 1. The summed E-state index contributed by atoms with van der Waals surface area (Å²) in [6, 6.07) is 7.23. The third kappa shape index (κ3) is 2.48. The van der Waals surface area contributed by atoms with Crippen molar-refractivity contribution in [3.8, 4) is 0 Å². The van der Waals surface area contributed by atoms with Crippen molar-refractivity contribution < 1.29 is 8.42 Å². The lowest BCUT2D eigenvalue weighted by Crippen LogP contribution is -2.26. The molecule has 1 aliphatic rings. The average Bonchev–Trinajstić information content (AvgIpc) is 3.20. The van der Waals surface area contributed by atoms with Crippen LogP contribution in [0.3, 0.4) is 0 Å². The molecule has 5 heteroatoms. The lowest BCUT2D eigenvalue weighted by molar-refractivity contribution is 0.578. The summed E-state index contributed by atoms with van der Waals surface area (Å²) in [5, 5.41) is 0.686. The summed E-state index contributed by atoms with van der Waals surface area (Å²) >= 11 is 0. The van der Waals surface area contributed by atoms with Gasteiger partial charge in [-0.2, -0.15) is 0 Å². The molecule has 0 bridgehead atoms. The summed E-state index contributed by atoms with van der Waals surface area (Å²) < 4.78 is 27.6. The van der Waals surface area contributed by atoms with Crippen molar-refractivity contribution >= 4 is 20.9 Å². The first-order valence-electron chi connectivity index (χ1n) is 6.42. The van der Waals surface area contributed by atoms with Crippen molar-refractivity contribution in [2.24, 2.45) is 5.92 Å². The number of nitrogens with zero attached hydrogens (tertiary/aromatic N) is 1. The predicted octanol–water partition coefficient (Wildman–Crippen LogP) is 2.23. The molecule has 1 heterocycles. The number of aromatic nitrogens is 1. The van der Waals surface area contributed by atoms with Crippen LogP contribution in [0.1, 0.15) is 18.4 Å². The predicted molar refractivity (Wildman–Crippen MR) is 74.4 cm³/mol. The molecule has 0 amide bonds. The van der Waals surface area contributed by atoms with Gasteiger partial charge in [0.25, 0.3) is 0 Å². The van der Waals surface area contributed by atoms with Gasteiger partial charge in [-0.3, -0.25) is 4.98 Å². The molecular formula is C14H16N2O2S. The molecule has 1 aliphatic carbocycles. The van der Waals surface area contributed by atoms with Crippen LogP contribution in [0.5, 0.6) is 0 Å². The summed E-state index contributed by atoms with van der Waals surface area (Å²) in [5.41, 5.74) is 1.46. The second kappa shape index (κ2) is 4.58. The highest BCUT2D eigenvalue weighted by Gasteiger charge is 2.26. The molecular weight excluding hydrogens is 260 g/mol. The summed E-state index contributed by atoms with van der Waals surface area (Å²) in [4.78, 5) is 4.57. The highest BCUT2D eigenvalue weighted by Crippen LogP contribution is 2.29. The van der Waals surface area contributed by atoms with E-state index in [1.165, 1.54) is 0 Å². The molecule has 2 aromatic rings. The monoisotopic (exact) mass is 276 g/mol. The van der Waals surface area contributed by atoms with Crippen LogP contribution in [0.4, 0.5) is 0 Å². The standard InChI is InChI=1S/C14H16N2O2S/c1-10-4-7-13-12(3-2-8-15-13)14(10)19(17,18)16-9-11-5-6-11/h2-4,7-8,11,16H,5-6,9H2,1H3. The van der Waals surface area contributed by atoms with Crippen LogP contribution in [0.15, 0.2) is 35.4 Å². The van der Waals surface area contributed by atoms with E-state index in [9.17, 15) is 8.42 Å². The second-order valence-corrected chi connectivity index (χ2v) is 6.78. The maximum Gasteiger partial charge on any atom is 0.241 e. The molecule has 4 nitrogen and oxygen atoms in total. The van der Waals surface area contributed by atoms with Crippen molar-refractivity contribution in [2.75, 3.05) is 6.54 Å². The summed E-state index contributed by atoms with van der Waals surface area (Å²) in [7, 11) is -3.46. The Bertz CT molecular complexity index is 721. The van der Waals surface area contributed by atoms with Gasteiger partial charge in [0.2, 0.25) is 10.0 Å². The molecule has 0 unspecified atom stereocenters. The van der Waals surface area contributed by atoms with Gasteiger partial charge in [-0.1, -0.05) is 6.07 Å². The van der Waals surface area contributed by atoms with E-state index in [0.29, 0.717) is 28.3 Å². The van der Waals surface area contributed by atoms with Crippen LogP contribution in [-0.4, -0.2) is 19.9 Å². The molecule has 1 N–H and O–H groups in total. The number of hydrogen-bond acceptors (Lipinski definition) is 3. The van der Waals surface area contributed by atoms with Gasteiger partial charge in [-0.05, 0) is 49.4 Å². The molecule has 0 atom stereocenters. The second-order valence-electron chi connectivity index (χ2n) is 5.08. The van der Waals surface area contributed by atoms with E-state index in [1.807, 2.05) is 13.0 Å². The van der Waals surface area contributed by atoms with Gasteiger partial charge in [0.15, 0.2) is 0 Å².